The lowest BCUT2D eigenvalue weighted by atomic mass is 9.96. The molecule has 0 spiro atoms. The molecule has 0 amide bonds. The Bertz CT molecular complexity index is 785. The van der Waals surface area contributed by atoms with Crippen molar-refractivity contribution in [3.8, 4) is 0 Å². The second-order valence-corrected chi connectivity index (χ2v) is 8.29. The van der Waals surface area contributed by atoms with E-state index >= 15 is 0 Å². The van der Waals surface area contributed by atoms with E-state index in [0.29, 0.717) is 18.2 Å². The third kappa shape index (κ3) is 4.76. The minimum absolute atomic E-state index is 0.103. The summed E-state index contributed by atoms with van der Waals surface area (Å²) in [6, 6.07) is 1.89. The van der Waals surface area contributed by atoms with Crippen LogP contribution in [0.15, 0.2) is 29.6 Å². The maximum absolute atomic E-state index is 12.1. The summed E-state index contributed by atoms with van der Waals surface area (Å²) >= 11 is 0. The fraction of sp³-hybridized carbons (Fsp3) is 0.562. The average Bonchev–Trinajstić information content (AvgIpc) is 3.12. The van der Waals surface area contributed by atoms with Gasteiger partial charge in [0, 0.05) is 44.2 Å². The number of nitrogens with zero attached hydrogens (tertiary/aromatic N) is 4. The fourth-order valence-corrected chi connectivity index (χ4v) is 3.84. The van der Waals surface area contributed by atoms with E-state index < -0.39 is 9.84 Å². The van der Waals surface area contributed by atoms with Gasteiger partial charge in [-0.15, -0.1) is 0 Å². The quantitative estimate of drug-likeness (QED) is 0.708. The third-order valence-corrected chi connectivity index (χ3v) is 5.39. The van der Waals surface area contributed by atoms with Gasteiger partial charge in [-0.2, -0.15) is 5.10 Å². The van der Waals surface area contributed by atoms with Gasteiger partial charge in [0.05, 0.1) is 11.9 Å². The fourth-order valence-electron chi connectivity index (χ4n) is 3.01. The van der Waals surface area contributed by atoms with Gasteiger partial charge in [0.25, 0.3) is 0 Å². The number of hydrogen-bond acceptors (Lipinski definition) is 7. The highest BCUT2D eigenvalue weighted by molar-refractivity contribution is 7.90. The molecule has 2 N–H and O–H groups in total. The molecule has 0 unspecified atom stereocenters. The maximum Gasteiger partial charge on any atom is 0.222 e. The van der Waals surface area contributed by atoms with Crippen molar-refractivity contribution < 1.29 is 8.42 Å². The van der Waals surface area contributed by atoms with Crippen LogP contribution in [0.2, 0.25) is 0 Å². The molecule has 136 valence electrons. The van der Waals surface area contributed by atoms with Crippen LogP contribution in [0.25, 0.3) is 0 Å². The van der Waals surface area contributed by atoms with Crippen molar-refractivity contribution in [3.05, 3.63) is 30.4 Å². The lowest BCUT2D eigenvalue weighted by molar-refractivity contribution is 0.448. The lowest BCUT2D eigenvalue weighted by Gasteiger charge is -2.24. The standard InChI is InChI=1S/C16H24N6O2S/c1-25(23,24)14-12-19-16(18-7-3-9-22-10-4-8-20-22)21-15(14)13-5-2-6-17-11-13/h4,8,10,12-13,17H,2-3,5-7,9,11H2,1H3,(H,18,19,21)/t13-/m0/s1. The first-order valence-corrected chi connectivity index (χ1v) is 10.4. The van der Waals surface area contributed by atoms with Gasteiger partial charge in [-0.05, 0) is 31.9 Å². The zero-order valence-electron chi connectivity index (χ0n) is 14.4. The van der Waals surface area contributed by atoms with Crippen molar-refractivity contribution in [2.75, 3.05) is 31.2 Å². The topological polar surface area (TPSA) is 102 Å². The summed E-state index contributed by atoms with van der Waals surface area (Å²) in [5.41, 5.74) is 0.624. The Labute approximate surface area is 148 Å². The molecule has 1 atom stereocenters. The second-order valence-electron chi connectivity index (χ2n) is 6.31. The zero-order valence-corrected chi connectivity index (χ0v) is 15.2. The summed E-state index contributed by atoms with van der Waals surface area (Å²) in [5, 5.41) is 10.7. The van der Waals surface area contributed by atoms with E-state index in [1.807, 2.05) is 16.9 Å². The van der Waals surface area contributed by atoms with Crippen LogP contribution in [0.1, 0.15) is 30.9 Å². The van der Waals surface area contributed by atoms with Crippen molar-refractivity contribution in [2.45, 2.75) is 36.6 Å². The lowest BCUT2D eigenvalue weighted by Crippen LogP contribution is -2.30. The van der Waals surface area contributed by atoms with E-state index in [1.165, 1.54) is 12.5 Å². The highest BCUT2D eigenvalue weighted by Gasteiger charge is 2.25. The molecule has 2 aromatic rings. The Hall–Kier alpha value is -2.00. The van der Waals surface area contributed by atoms with Crippen LogP contribution in [0, 0.1) is 0 Å². The Morgan fingerprint density at radius 1 is 1.44 bits per heavy atom. The molecule has 0 aromatic carbocycles. The van der Waals surface area contributed by atoms with Crippen molar-refractivity contribution in [2.24, 2.45) is 0 Å². The molecule has 0 saturated carbocycles. The average molecular weight is 364 g/mol. The van der Waals surface area contributed by atoms with Crippen LogP contribution in [0.5, 0.6) is 0 Å². The van der Waals surface area contributed by atoms with Gasteiger partial charge in [0.15, 0.2) is 9.84 Å². The highest BCUT2D eigenvalue weighted by atomic mass is 32.2. The molecule has 9 heteroatoms. The first-order chi connectivity index (χ1) is 12.0. The second kappa shape index (κ2) is 7.92. The van der Waals surface area contributed by atoms with Gasteiger partial charge in [-0.1, -0.05) is 0 Å². The molecular weight excluding hydrogens is 340 g/mol. The summed E-state index contributed by atoms with van der Waals surface area (Å²) in [4.78, 5) is 8.96. The smallest absolute Gasteiger partial charge is 0.222 e. The van der Waals surface area contributed by atoms with Crippen LogP contribution < -0.4 is 10.6 Å². The molecule has 0 aliphatic carbocycles. The van der Waals surface area contributed by atoms with Crippen molar-refractivity contribution in [1.29, 1.82) is 0 Å². The van der Waals surface area contributed by atoms with Crippen LogP contribution in [-0.2, 0) is 16.4 Å². The van der Waals surface area contributed by atoms with E-state index in [2.05, 4.69) is 25.7 Å². The van der Waals surface area contributed by atoms with E-state index in [0.717, 1.165) is 38.9 Å². The minimum Gasteiger partial charge on any atom is -0.354 e. The molecule has 2 aromatic heterocycles. The molecule has 1 aliphatic rings. The largest absolute Gasteiger partial charge is 0.354 e. The van der Waals surface area contributed by atoms with Crippen molar-refractivity contribution in [3.63, 3.8) is 0 Å². The minimum atomic E-state index is -3.35. The molecule has 0 radical (unpaired) electrons. The highest BCUT2D eigenvalue weighted by Crippen LogP contribution is 2.27. The molecule has 3 heterocycles. The number of nitrogens with one attached hydrogen (secondary N) is 2. The van der Waals surface area contributed by atoms with E-state index in [1.54, 1.807) is 6.20 Å². The van der Waals surface area contributed by atoms with Gasteiger partial charge in [0.1, 0.15) is 4.90 Å². The van der Waals surface area contributed by atoms with Gasteiger partial charge in [-0.3, -0.25) is 4.68 Å². The molecule has 1 saturated heterocycles. The van der Waals surface area contributed by atoms with E-state index in [-0.39, 0.29) is 10.8 Å². The number of hydrogen-bond donors (Lipinski definition) is 2. The first kappa shape index (κ1) is 17.8. The zero-order chi connectivity index (χ0) is 17.7. The van der Waals surface area contributed by atoms with Crippen molar-refractivity contribution in [1.82, 2.24) is 25.1 Å². The molecule has 3 rings (SSSR count). The molecule has 0 bridgehead atoms. The molecule has 1 fully saturated rings. The van der Waals surface area contributed by atoms with Gasteiger partial charge in [-0.25, -0.2) is 18.4 Å². The van der Waals surface area contributed by atoms with Gasteiger partial charge in [0.2, 0.25) is 5.95 Å². The summed E-state index contributed by atoms with van der Waals surface area (Å²) in [5.74, 6) is 0.583. The number of aryl methyl sites for hydroxylation is 1. The first-order valence-electron chi connectivity index (χ1n) is 8.53. The Morgan fingerprint density at radius 3 is 3.00 bits per heavy atom. The molecule has 8 nitrogen and oxygen atoms in total. The van der Waals surface area contributed by atoms with Gasteiger partial charge >= 0.3 is 0 Å². The maximum atomic E-state index is 12.1. The van der Waals surface area contributed by atoms with Crippen LogP contribution in [0.3, 0.4) is 0 Å². The Morgan fingerprint density at radius 2 is 2.32 bits per heavy atom. The number of anilines is 1. The number of rotatable bonds is 7. The molecular formula is C16H24N6O2S. The molecule has 1 aliphatic heterocycles. The SMILES string of the molecule is CS(=O)(=O)c1cnc(NCCCn2cccn2)nc1[C@H]1CCCNC1. The van der Waals surface area contributed by atoms with Crippen LogP contribution >= 0.6 is 0 Å². The summed E-state index contributed by atoms with van der Waals surface area (Å²) in [6.45, 7) is 3.22. The van der Waals surface area contributed by atoms with E-state index in [4.69, 9.17) is 0 Å². The predicted molar refractivity (Wildman–Crippen MR) is 95.3 cm³/mol. The Balaban J connectivity index is 1.69. The van der Waals surface area contributed by atoms with Gasteiger partial charge < -0.3 is 10.6 Å². The number of aromatic nitrogens is 4. The summed E-state index contributed by atoms with van der Waals surface area (Å²) < 4.78 is 26.0. The summed E-state index contributed by atoms with van der Waals surface area (Å²) in [7, 11) is -3.35. The van der Waals surface area contributed by atoms with E-state index in [9.17, 15) is 8.42 Å². The normalized spacial score (nSPS) is 18.2. The number of sulfone groups is 1. The molecule has 25 heavy (non-hydrogen) atoms. The number of piperidine rings is 1. The monoisotopic (exact) mass is 364 g/mol. The Kier molecular flexibility index (Phi) is 5.64. The van der Waals surface area contributed by atoms with Crippen molar-refractivity contribution >= 4 is 15.8 Å². The van der Waals surface area contributed by atoms with Crippen LogP contribution in [0.4, 0.5) is 5.95 Å². The summed E-state index contributed by atoms with van der Waals surface area (Å²) in [6.07, 6.45) is 9.15. The third-order valence-electron chi connectivity index (χ3n) is 4.27. The predicted octanol–water partition coefficient (Wildman–Crippen LogP) is 1.05. The van der Waals surface area contributed by atoms with Crippen LogP contribution in [-0.4, -0.2) is 54.1 Å².